The normalized spacial score (nSPS) is 10.4. The molecule has 396 valence electrons. The van der Waals surface area contributed by atoms with Crippen LogP contribution in [-0.4, -0.2) is 68.9 Å². The van der Waals surface area contributed by atoms with Gasteiger partial charge < -0.3 is 69.1 Å². The van der Waals surface area contributed by atoms with Gasteiger partial charge in [-0.25, -0.2) is 9.97 Å². The molecule has 0 spiro atoms. The molecule has 0 aliphatic carbocycles. The van der Waals surface area contributed by atoms with E-state index in [2.05, 4.69) is 46.5 Å². The Bertz CT molecular complexity index is 2440. The predicted molar refractivity (Wildman–Crippen MR) is 249 cm³/mol. The second kappa shape index (κ2) is 33.8. The van der Waals surface area contributed by atoms with Gasteiger partial charge in [-0.05, 0) is 114 Å². The number of halogens is 18. The summed E-state index contributed by atoms with van der Waals surface area (Å²) in [6.07, 6.45) is 14.0. The molecular weight excluding hydrogens is 1420 g/mol. The van der Waals surface area contributed by atoms with E-state index < -0.39 is 29.0 Å². The van der Waals surface area contributed by atoms with Crippen LogP contribution in [0.4, 0.5) is 69.1 Å². The van der Waals surface area contributed by atoms with Gasteiger partial charge in [0.1, 0.15) is 0 Å². The van der Waals surface area contributed by atoms with Crippen LogP contribution in [0.1, 0.15) is 11.1 Å². The SMILES string of the molecule is C=C(c1ccncc1)c1ccncc1.Clc1cc(-c2ccccn2)nc(-c2ccccn2)c1.Clc1cc(-c2ccccn2)nc(-c2ccccn2)c1.F[B-](F)(F)F.F[B-](F)(F)F.F[B-](F)(F)F.F[B-](F)(F)F.[Pt+2].[Pt+2]. The van der Waals surface area contributed by atoms with E-state index in [4.69, 9.17) is 23.2 Å². The van der Waals surface area contributed by atoms with Crippen LogP contribution in [0.3, 0.4) is 0 Å². The molecule has 8 heterocycles. The maximum Gasteiger partial charge on any atom is 2.00 e. The molecule has 0 aromatic carbocycles. The number of hydrogen-bond acceptors (Lipinski definition) is 8. The minimum absolute atomic E-state index is 0. The molecule has 0 bridgehead atoms. The Balaban J connectivity index is 0.000000909. The van der Waals surface area contributed by atoms with Crippen molar-refractivity contribution in [3.8, 4) is 45.6 Å². The summed E-state index contributed by atoms with van der Waals surface area (Å²) in [6, 6.07) is 37.8. The zero-order valence-corrected chi connectivity index (χ0v) is 42.8. The van der Waals surface area contributed by atoms with E-state index in [-0.39, 0.29) is 42.1 Å². The molecule has 8 aromatic heterocycles. The van der Waals surface area contributed by atoms with E-state index in [9.17, 15) is 69.1 Å². The number of aromatic nitrogens is 8. The third kappa shape index (κ3) is 34.5. The predicted octanol–water partition coefficient (Wildman–Crippen LogP) is 15.5. The van der Waals surface area contributed by atoms with Crippen molar-refractivity contribution in [1.29, 1.82) is 0 Å². The molecule has 8 rings (SSSR count). The standard InChI is InChI=1S/2C15H10ClN3.C12H10N2.4BF4.2Pt/c2*16-11-9-14(12-5-1-3-7-17-12)19-15(10-11)13-6-2-4-8-18-13;1-10(11-2-6-13-7-3-11)12-4-8-14-9-5-12;4*2-1(3,4)5;;/h2*1-10H;2-9H,1H2;;;;;;/q;;;4*-1;2*+2. The fraction of sp³-hybridized carbons (Fsp3) is 0. The summed E-state index contributed by atoms with van der Waals surface area (Å²) in [5.74, 6) is 0. The number of hydrogen-bond donors (Lipinski definition) is 0. The minimum Gasteiger partial charge on any atom is -0.418 e. The van der Waals surface area contributed by atoms with Crippen LogP contribution in [0, 0.1) is 0 Å². The van der Waals surface area contributed by atoms with E-state index in [0.29, 0.717) is 10.0 Å². The summed E-state index contributed by atoms with van der Waals surface area (Å²) in [4.78, 5) is 34.2. The van der Waals surface area contributed by atoms with Crippen molar-refractivity contribution in [1.82, 2.24) is 39.9 Å². The Hall–Kier alpha value is -5.96. The molecule has 0 aliphatic rings. The van der Waals surface area contributed by atoms with Gasteiger partial charge in [-0.15, -0.1) is 0 Å². The van der Waals surface area contributed by atoms with Gasteiger partial charge >= 0.3 is 71.1 Å². The van der Waals surface area contributed by atoms with Crippen molar-refractivity contribution >= 4 is 57.8 Å². The smallest absolute Gasteiger partial charge is 0.418 e. The Labute approximate surface area is 450 Å². The van der Waals surface area contributed by atoms with Crippen molar-refractivity contribution in [2.75, 3.05) is 0 Å². The molecule has 0 amide bonds. The van der Waals surface area contributed by atoms with Crippen LogP contribution in [0.2, 0.25) is 10.0 Å². The van der Waals surface area contributed by atoms with Crippen molar-refractivity contribution in [3.05, 3.63) is 199 Å². The largest absolute Gasteiger partial charge is 2.00 e. The maximum atomic E-state index is 9.75. The van der Waals surface area contributed by atoms with Crippen LogP contribution in [0.5, 0.6) is 0 Å². The van der Waals surface area contributed by atoms with Gasteiger partial charge in [0.2, 0.25) is 0 Å². The van der Waals surface area contributed by atoms with Gasteiger partial charge in [0.25, 0.3) is 0 Å². The van der Waals surface area contributed by atoms with Gasteiger partial charge in [0.05, 0.1) is 45.6 Å². The van der Waals surface area contributed by atoms with Crippen LogP contribution in [0.15, 0.2) is 177 Å². The molecule has 0 unspecified atom stereocenters. The first-order chi connectivity index (χ1) is 33.5. The molecule has 0 N–H and O–H groups in total. The van der Waals surface area contributed by atoms with E-state index in [1.54, 1.807) is 73.8 Å². The van der Waals surface area contributed by atoms with E-state index in [0.717, 1.165) is 62.3 Å². The minimum atomic E-state index is -6.00. The summed E-state index contributed by atoms with van der Waals surface area (Å²) < 4.78 is 156. The van der Waals surface area contributed by atoms with Gasteiger partial charge in [-0.1, -0.05) is 54.0 Å². The molecule has 8 aromatic rings. The molecule has 0 radical (unpaired) electrons. The first-order valence-electron chi connectivity index (χ1n) is 19.5. The summed E-state index contributed by atoms with van der Waals surface area (Å²) in [5, 5.41) is 1.24. The van der Waals surface area contributed by atoms with Gasteiger partial charge in [0.15, 0.2) is 0 Å². The van der Waals surface area contributed by atoms with Gasteiger partial charge in [0, 0.05) is 59.6 Å². The van der Waals surface area contributed by atoms with Gasteiger partial charge in [-0.3, -0.25) is 29.9 Å². The van der Waals surface area contributed by atoms with E-state index in [1.165, 1.54) is 0 Å². The number of rotatable bonds is 6. The number of nitrogens with zero attached hydrogens (tertiary/aromatic N) is 8. The monoisotopic (exact) mass is 1450 g/mol. The summed E-state index contributed by atoms with van der Waals surface area (Å²) >= 11 is 12.3. The zero-order chi connectivity index (χ0) is 54.0. The molecule has 0 saturated carbocycles. The van der Waals surface area contributed by atoms with Crippen LogP contribution in [-0.2, 0) is 42.1 Å². The van der Waals surface area contributed by atoms with Crippen LogP contribution >= 0.6 is 23.2 Å². The quantitative estimate of drug-likeness (QED) is 0.120. The molecular formula is C42H30B4Cl2F16N8Pt2. The van der Waals surface area contributed by atoms with E-state index in [1.807, 2.05) is 97.1 Å². The molecule has 32 heteroatoms. The topological polar surface area (TPSA) is 103 Å². The van der Waals surface area contributed by atoms with Crippen molar-refractivity contribution in [2.24, 2.45) is 0 Å². The molecule has 8 nitrogen and oxygen atoms in total. The van der Waals surface area contributed by atoms with E-state index >= 15 is 0 Å². The van der Waals surface area contributed by atoms with Gasteiger partial charge in [-0.2, -0.15) is 0 Å². The maximum absolute atomic E-state index is 9.75. The Morgan fingerprint density at radius 1 is 0.324 bits per heavy atom. The molecule has 0 fully saturated rings. The molecule has 74 heavy (non-hydrogen) atoms. The third-order valence-corrected chi connectivity index (χ3v) is 7.78. The average molecular weight is 1460 g/mol. The average Bonchev–Trinajstić information content (AvgIpc) is 3.31. The Morgan fingerprint density at radius 2 is 0.527 bits per heavy atom. The third-order valence-electron chi connectivity index (χ3n) is 7.35. The van der Waals surface area contributed by atoms with Crippen molar-refractivity contribution in [2.45, 2.75) is 0 Å². The first kappa shape index (κ1) is 68.0. The Kier molecular flexibility index (Phi) is 31.1. The summed E-state index contributed by atoms with van der Waals surface area (Å²) in [6.45, 7) is 4.04. The molecule has 0 aliphatic heterocycles. The summed E-state index contributed by atoms with van der Waals surface area (Å²) in [5.41, 5.74) is 9.32. The number of pyridine rings is 8. The second-order valence-corrected chi connectivity index (χ2v) is 13.8. The molecule has 0 atom stereocenters. The van der Waals surface area contributed by atoms with Crippen LogP contribution in [0.25, 0.3) is 51.1 Å². The van der Waals surface area contributed by atoms with Crippen molar-refractivity contribution < 1.29 is 111 Å². The fourth-order valence-electron chi connectivity index (χ4n) is 4.85. The Morgan fingerprint density at radius 3 is 0.703 bits per heavy atom. The summed E-state index contributed by atoms with van der Waals surface area (Å²) in [7, 11) is -24.0. The fourth-order valence-corrected chi connectivity index (χ4v) is 5.26. The van der Waals surface area contributed by atoms with Crippen molar-refractivity contribution in [3.63, 3.8) is 0 Å². The van der Waals surface area contributed by atoms with Crippen LogP contribution < -0.4 is 0 Å². The molecule has 0 saturated heterocycles. The second-order valence-electron chi connectivity index (χ2n) is 12.9. The zero-order valence-electron chi connectivity index (χ0n) is 36.7. The first-order valence-corrected chi connectivity index (χ1v) is 20.3.